The van der Waals surface area contributed by atoms with Gasteiger partial charge in [0.15, 0.2) is 5.78 Å². The van der Waals surface area contributed by atoms with E-state index in [1.54, 1.807) is 0 Å². The molecule has 2 aromatic rings. The number of phenols is 1. The molecule has 0 bridgehead atoms. The normalized spacial score (nSPS) is 10.4. The minimum atomic E-state index is -0.498. The van der Waals surface area contributed by atoms with E-state index >= 15 is 0 Å². The zero-order valence-electron chi connectivity index (χ0n) is 11.2. The molecule has 0 amide bonds. The molecule has 0 unspecified atom stereocenters. The van der Waals surface area contributed by atoms with E-state index in [4.69, 9.17) is 4.74 Å². The Morgan fingerprint density at radius 2 is 1.68 bits per heavy atom. The van der Waals surface area contributed by atoms with Crippen LogP contribution in [0.5, 0.6) is 11.5 Å². The highest BCUT2D eigenvalue weighted by Crippen LogP contribution is 2.28. The Morgan fingerprint density at radius 1 is 1.05 bits per heavy atom. The van der Waals surface area contributed by atoms with Gasteiger partial charge in [0.2, 0.25) is 0 Å². The molecule has 0 fully saturated rings. The summed E-state index contributed by atoms with van der Waals surface area (Å²) in [6.45, 7) is 1.36. The first kappa shape index (κ1) is 17.9. The van der Waals surface area contributed by atoms with E-state index in [0.29, 0.717) is 5.56 Å². The predicted molar refractivity (Wildman–Crippen MR) is 108 cm³/mol. The molecule has 0 aromatic heterocycles. The lowest BCUT2D eigenvalue weighted by Gasteiger charge is -2.10. The SMILES string of the molecule is CC(=O)c1ccc(OC(=O)c2c(I)ccc(I)c2I)cc1O. The molecule has 0 aliphatic rings. The number of ketones is 1. The summed E-state index contributed by atoms with van der Waals surface area (Å²) >= 11 is 6.33. The Hall–Kier alpha value is -0.430. The van der Waals surface area contributed by atoms with Crippen molar-refractivity contribution in [1.82, 2.24) is 0 Å². The molecule has 0 spiro atoms. The van der Waals surface area contributed by atoms with Crippen molar-refractivity contribution in [2.75, 3.05) is 0 Å². The van der Waals surface area contributed by atoms with Crippen molar-refractivity contribution in [3.05, 3.63) is 52.2 Å². The Balaban J connectivity index is 2.32. The number of phenolic OH excluding ortho intramolecular Hbond substituents is 1. The second-order valence-corrected chi connectivity index (χ2v) is 7.75. The summed E-state index contributed by atoms with van der Waals surface area (Å²) in [4.78, 5) is 23.6. The molecule has 22 heavy (non-hydrogen) atoms. The molecule has 0 aliphatic carbocycles. The number of ether oxygens (including phenoxy) is 1. The highest BCUT2D eigenvalue weighted by atomic mass is 127. The molecule has 0 heterocycles. The van der Waals surface area contributed by atoms with Gasteiger partial charge in [-0.1, -0.05) is 0 Å². The van der Waals surface area contributed by atoms with E-state index in [9.17, 15) is 14.7 Å². The molecular weight excluding hydrogens is 625 g/mol. The number of hydrogen-bond acceptors (Lipinski definition) is 4. The van der Waals surface area contributed by atoms with Crippen LogP contribution in [0, 0.1) is 10.7 Å². The number of Topliss-reactive ketones (excluding diaryl/α,β-unsaturated/α-hetero) is 1. The maximum atomic E-state index is 12.4. The second kappa shape index (κ2) is 7.43. The average molecular weight is 634 g/mol. The van der Waals surface area contributed by atoms with Gasteiger partial charge in [0.05, 0.1) is 11.1 Å². The standard InChI is InChI=1S/C15H9I3O4/c1-7(19)9-3-2-8(6-12(9)20)22-15(21)13-10(16)4-5-11(17)14(13)18/h2-6,20H,1H3. The van der Waals surface area contributed by atoms with Gasteiger partial charge < -0.3 is 9.84 Å². The third kappa shape index (κ3) is 3.91. The topological polar surface area (TPSA) is 63.6 Å². The van der Waals surface area contributed by atoms with Gasteiger partial charge >= 0.3 is 5.97 Å². The van der Waals surface area contributed by atoms with Gasteiger partial charge in [0.25, 0.3) is 0 Å². The maximum absolute atomic E-state index is 12.4. The summed E-state index contributed by atoms with van der Waals surface area (Å²) in [5.41, 5.74) is 0.682. The fraction of sp³-hybridized carbons (Fsp3) is 0.0667. The first-order valence-corrected chi connectivity index (χ1v) is 9.24. The molecule has 0 atom stereocenters. The van der Waals surface area contributed by atoms with Gasteiger partial charge in [0.1, 0.15) is 11.5 Å². The Kier molecular flexibility index (Phi) is 6.05. The molecule has 7 heteroatoms. The molecule has 0 saturated heterocycles. The number of esters is 1. The van der Waals surface area contributed by atoms with Crippen LogP contribution < -0.4 is 4.74 Å². The number of hydrogen-bond donors (Lipinski definition) is 1. The molecule has 0 saturated carbocycles. The molecule has 4 nitrogen and oxygen atoms in total. The summed E-state index contributed by atoms with van der Waals surface area (Å²) in [6.07, 6.45) is 0. The van der Waals surface area contributed by atoms with Crippen molar-refractivity contribution in [2.45, 2.75) is 6.92 Å². The first-order valence-electron chi connectivity index (χ1n) is 6.01. The van der Waals surface area contributed by atoms with Crippen LogP contribution in [0.4, 0.5) is 0 Å². The lowest BCUT2D eigenvalue weighted by atomic mass is 10.1. The molecule has 1 N–H and O–H groups in total. The zero-order chi connectivity index (χ0) is 16.4. The van der Waals surface area contributed by atoms with Crippen molar-refractivity contribution < 1.29 is 19.4 Å². The van der Waals surface area contributed by atoms with Crippen LogP contribution in [0.25, 0.3) is 0 Å². The minimum absolute atomic E-state index is 0.193. The number of benzene rings is 2. The van der Waals surface area contributed by atoms with Gasteiger partial charge in [-0.25, -0.2) is 4.79 Å². The lowest BCUT2D eigenvalue weighted by molar-refractivity contribution is 0.0732. The maximum Gasteiger partial charge on any atom is 0.345 e. The van der Waals surface area contributed by atoms with E-state index in [-0.39, 0.29) is 22.8 Å². The minimum Gasteiger partial charge on any atom is -0.507 e. The van der Waals surface area contributed by atoms with Gasteiger partial charge in [-0.3, -0.25) is 4.79 Å². The van der Waals surface area contributed by atoms with Crippen LogP contribution in [0.15, 0.2) is 30.3 Å². The third-order valence-corrected chi connectivity index (χ3v) is 6.76. The van der Waals surface area contributed by atoms with Crippen LogP contribution in [0.1, 0.15) is 27.6 Å². The monoisotopic (exact) mass is 634 g/mol. The second-order valence-electron chi connectivity index (χ2n) is 4.34. The summed E-state index contributed by atoms with van der Waals surface area (Å²) in [6, 6.07) is 7.96. The largest absolute Gasteiger partial charge is 0.507 e. The van der Waals surface area contributed by atoms with Crippen molar-refractivity contribution in [3.63, 3.8) is 0 Å². The summed E-state index contributed by atoms with van der Waals surface area (Å²) in [7, 11) is 0. The van der Waals surface area contributed by atoms with Crippen LogP contribution in [-0.4, -0.2) is 16.9 Å². The fourth-order valence-electron chi connectivity index (χ4n) is 1.74. The molecule has 0 radical (unpaired) electrons. The van der Waals surface area contributed by atoms with Crippen LogP contribution >= 0.6 is 67.8 Å². The molecule has 114 valence electrons. The summed E-state index contributed by atoms with van der Waals surface area (Å²) < 4.78 is 7.88. The number of carbonyl (C=O) groups excluding carboxylic acids is 2. The van der Waals surface area contributed by atoms with Crippen LogP contribution in [-0.2, 0) is 0 Å². The van der Waals surface area contributed by atoms with E-state index in [1.165, 1.54) is 25.1 Å². The van der Waals surface area contributed by atoms with E-state index in [2.05, 4.69) is 67.8 Å². The number of aromatic hydroxyl groups is 1. The van der Waals surface area contributed by atoms with Crippen molar-refractivity contribution in [3.8, 4) is 11.5 Å². The van der Waals surface area contributed by atoms with Gasteiger partial charge in [-0.05, 0) is 99.0 Å². The molecular formula is C15H9I3O4. The van der Waals surface area contributed by atoms with Crippen molar-refractivity contribution >= 4 is 79.5 Å². The van der Waals surface area contributed by atoms with E-state index < -0.39 is 5.97 Å². The van der Waals surface area contributed by atoms with Crippen LogP contribution in [0.2, 0.25) is 0 Å². The zero-order valence-corrected chi connectivity index (χ0v) is 17.7. The first-order chi connectivity index (χ1) is 10.3. The Morgan fingerprint density at radius 3 is 2.27 bits per heavy atom. The summed E-state index contributed by atoms with van der Waals surface area (Å²) in [5, 5.41) is 9.78. The highest BCUT2D eigenvalue weighted by molar-refractivity contribution is 14.1. The fourth-order valence-corrected chi connectivity index (χ4v) is 4.07. The molecule has 0 aliphatic heterocycles. The quantitative estimate of drug-likeness (QED) is 0.176. The number of carbonyl (C=O) groups is 2. The van der Waals surface area contributed by atoms with Gasteiger partial charge in [-0.2, -0.15) is 0 Å². The average Bonchev–Trinajstić information content (AvgIpc) is 2.43. The van der Waals surface area contributed by atoms with E-state index in [0.717, 1.165) is 10.7 Å². The van der Waals surface area contributed by atoms with Gasteiger partial charge in [-0.15, -0.1) is 0 Å². The Labute approximate surface area is 168 Å². The van der Waals surface area contributed by atoms with Gasteiger partial charge in [0, 0.05) is 16.8 Å². The number of halogens is 3. The van der Waals surface area contributed by atoms with Crippen molar-refractivity contribution in [1.29, 1.82) is 0 Å². The highest BCUT2D eigenvalue weighted by Gasteiger charge is 2.19. The van der Waals surface area contributed by atoms with Crippen molar-refractivity contribution in [2.24, 2.45) is 0 Å². The van der Waals surface area contributed by atoms with E-state index in [1.807, 2.05) is 12.1 Å². The Bertz CT molecular complexity index is 772. The van der Waals surface area contributed by atoms with Crippen LogP contribution in [0.3, 0.4) is 0 Å². The summed E-state index contributed by atoms with van der Waals surface area (Å²) in [5.74, 6) is -0.762. The molecule has 2 aromatic carbocycles. The molecule has 2 rings (SSSR count). The lowest BCUT2D eigenvalue weighted by Crippen LogP contribution is -2.13. The predicted octanol–water partition coefficient (Wildman–Crippen LogP) is 4.63. The smallest absolute Gasteiger partial charge is 0.345 e. The third-order valence-electron chi connectivity index (χ3n) is 2.81. The number of rotatable bonds is 3.